The molecule has 2 rings (SSSR count). The van der Waals surface area contributed by atoms with E-state index in [2.05, 4.69) is 15.4 Å². The van der Waals surface area contributed by atoms with Gasteiger partial charge in [0.05, 0.1) is 5.02 Å². The summed E-state index contributed by atoms with van der Waals surface area (Å²) in [7, 11) is 1.59. The van der Waals surface area contributed by atoms with E-state index < -0.39 is 0 Å². The molecule has 0 aliphatic carbocycles. The third-order valence-corrected chi connectivity index (χ3v) is 3.66. The van der Waals surface area contributed by atoms with Crippen LogP contribution in [-0.4, -0.2) is 17.1 Å². The van der Waals surface area contributed by atoms with Gasteiger partial charge < -0.3 is 10.2 Å². The molecule has 0 spiro atoms. The molecule has 2 aromatic rings. The highest BCUT2D eigenvalue weighted by atomic mass is 35.5. The van der Waals surface area contributed by atoms with Gasteiger partial charge in [0, 0.05) is 18.1 Å². The van der Waals surface area contributed by atoms with Gasteiger partial charge in [-0.05, 0) is 12.1 Å². The molecule has 0 saturated heterocycles. The van der Waals surface area contributed by atoms with Crippen LogP contribution in [0.15, 0.2) is 40.3 Å². The number of hydrogen-bond acceptors (Lipinski definition) is 6. The van der Waals surface area contributed by atoms with Crippen LogP contribution in [0.1, 0.15) is 5.82 Å². The molecule has 0 bridgehead atoms. The largest absolute Gasteiger partial charge is 0.377 e. The van der Waals surface area contributed by atoms with Gasteiger partial charge in [-0.15, -0.1) is 0 Å². The van der Waals surface area contributed by atoms with E-state index in [0.717, 1.165) is 9.92 Å². The number of halogens is 1. The lowest BCUT2D eigenvalue weighted by Crippen LogP contribution is -2.11. The third-order valence-electron chi connectivity index (χ3n) is 2.22. The van der Waals surface area contributed by atoms with Gasteiger partial charge in [-0.25, -0.2) is 15.8 Å². The summed E-state index contributed by atoms with van der Waals surface area (Å²) in [4.78, 5) is 9.49. The second kappa shape index (κ2) is 6.72. The molecule has 0 atom stereocenters. The summed E-state index contributed by atoms with van der Waals surface area (Å²) in [5, 5.41) is 1.43. The van der Waals surface area contributed by atoms with Crippen molar-refractivity contribution in [3.05, 3.63) is 41.2 Å². The van der Waals surface area contributed by atoms with E-state index in [9.17, 15) is 0 Å². The average molecular weight is 297 g/mol. The maximum Gasteiger partial charge on any atom is 0.157 e. The minimum atomic E-state index is 0.325. The number of methoxy groups -OCH3 is 1. The summed E-state index contributed by atoms with van der Waals surface area (Å²) in [6, 6.07) is 9.33. The molecule has 5 nitrogen and oxygen atoms in total. The molecule has 1 aromatic carbocycles. The number of hydrogen-bond donors (Lipinski definition) is 2. The van der Waals surface area contributed by atoms with Crippen LogP contribution in [0.4, 0.5) is 5.82 Å². The number of nitrogens with two attached hydrogens (primary N) is 1. The van der Waals surface area contributed by atoms with Crippen LogP contribution < -0.4 is 11.3 Å². The topological polar surface area (TPSA) is 73.1 Å². The summed E-state index contributed by atoms with van der Waals surface area (Å²) < 4.78 is 5.03. The second-order valence-corrected chi connectivity index (χ2v) is 5.09. The van der Waals surface area contributed by atoms with Gasteiger partial charge in [-0.2, -0.15) is 0 Å². The van der Waals surface area contributed by atoms with Crippen molar-refractivity contribution < 1.29 is 4.74 Å². The maximum absolute atomic E-state index is 6.12. The van der Waals surface area contributed by atoms with Crippen LogP contribution in [0.3, 0.4) is 0 Å². The maximum atomic E-state index is 6.12. The van der Waals surface area contributed by atoms with Crippen LogP contribution in [-0.2, 0) is 11.3 Å². The first kappa shape index (κ1) is 14.1. The first-order valence-electron chi connectivity index (χ1n) is 5.49. The van der Waals surface area contributed by atoms with Crippen molar-refractivity contribution in [1.82, 2.24) is 9.97 Å². The molecule has 1 heterocycles. The Hall–Kier alpha value is -1.34. The van der Waals surface area contributed by atoms with E-state index in [1.807, 2.05) is 24.3 Å². The Bertz CT molecular complexity index is 567. The first-order valence-corrected chi connectivity index (χ1v) is 6.68. The minimum absolute atomic E-state index is 0.325. The predicted octanol–water partition coefficient (Wildman–Crippen LogP) is 2.71. The zero-order valence-electron chi connectivity index (χ0n) is 10.3. The fraction of sp³-hybridized carbons (Fsp3) is 0.167. The molecule has 19 heavy (non-hydrogen) atoms. The molecule has 1 aromatic heterocycles. The number of benzene rings is 1. The Balaban J connectivity index is 2.29. The van der Waals surface area contributed by atoms with E-state index in [1.54, 1.807) is 13.2 Å². The molecule has 0 amide bonds. The molecule has 7 heteroatoms. The fourth-order valence-corrected chi connectivity index (χ4v) is 2.54. The molecule has 100 valence electrons. The molecule has 0 saturated carbocycles. The van der Waals surface area contributed by atoms with Gasteiger partial charge in [0.1, 0.15) is 17.5 Å². The van der Waals surface area contributed by atoms with E-state index in [0.29, 0.717) is 23.3 Å². The number of aromatic nitrogens is 2. The Labute approximate surface area is 120 Å². The van der Waals surface area contributed by atoms with Crippen molar-refractivity contribution in [2.24, 2.45) is 5.84 Å². The first-order chi connectivity index (χ1) is 9.22. The van der Waals surface area contributed by atoms with Gasteiger partial charge in [-0.3, -0.25) is 0 Å². The number of anilines is 1. The smallest absolute Gasteiger partial charge is 0.157 e. The minimum Gasteiger partial charge on any atom is -0.377 e. The second-order valence-electron chi connectivity index (χ2n) is 3.62. The van der Waals surface area contributed by atoms with Crippen molar-refractivity contribution in [3.63, 3.8) is 0 Å². The zero-order valence-corrected chi connectivity index (χ0v) is 11.8. The molecular formula is C12H13ClN4OS. The molecular weight excluding hydrogens is 284 g/mol. The van der Waals surface area contributed by atoms with Crippen LogP contribution in [0, 0.1) is 0 Å². The summed E-state index contributed by atoms with van der Waals surface area (Å²) in [5.41, 5.74) is 2.51. The van der Waals surface area contributed by atoms with Gasteiger partial charge >= 0.3 is 0 Å². The van der Waals surface area contributed by atoms with Crippen LogP contribution >= 0.6 is 23.4 Å². The summed E-state index contributed by atoms with van der Waals surface area (Å²) in [6.45, 7) is 0.325. The van der Waals surface area contributed by atoms with Crippen molar-refractivity contribution in [1.29, 1.82) is 0 Å². The summed E-state index contributed by atoms with van der Waals surface area (Å²) >= 11 is 7.57. The number of nitrogens with one attached hydrogen (secondary N) is 1. The average Bonchev–Trinajstić information content (AvgIpc) is 2.41. The normalized spacial score (nSPS) is 10.5. The van der Waals surface area contributed by atoms with E-state index in [-0.39, 0.29) is 0 Å². The molecule has 0 unspecified atom stereocenters. The molecule has 0 aliphatic heterocycles. The van der Waals surface area contributed by atoms with Crippen LogP contribution in [0.5, 0.6) is 0 Å². The predicted molar refractivity (Wildman–Crippen MR) is 76.1 cm³/mol. The molecule has 0 fully saturated rings. The van der Waals surface area contributed by atoms with Crippen molar-refractivity contribution in [2.45, 2.75) is 16.5 Å². The lowest BCUT2D eigenvalue weighted by Gasteiger charge is -2.07. The Morgan fingerprint density at radius 2 is 2.16 bits per heavy atom. The van der Waals surface area contributed by atoms with E-state index in [4.69, 9.17) is 22.2 Å². The van der Waals surface area contributed by atoms with Crippen molar-refractivity contribution >= 4 is 29.2 Å². The van der Waals surface area contributed by atoms with Gasteiger partial charge in [0.25, 0.3) is 0 Å². The highest BCUT2D eigenvalue weighted by Gasteiger charge is 2.07. The fourth-order valence-electron chi connectivity index (χ4n) is 1.43. The Kier molecular flexibility index (Phi) is 4.98. The van der Waals surface area contributed by atoms with E-state index in [1.165, 1.54) is 11.8 Å². The standard InChI is InChI=1S/C12H13ClN4OS/c1-18-7-11-15-10(17-14)6-12(16-11)19-9-5-3-2-4-8(9)13/h2-6H,7,14H2,1H3,(H,15,16,17). The van der Waals surface area contributed by atoms with Gasteiger partial charge in [0.15, 0.2) is 5.82 Å². The lowest BCUT2D eigenvalue weighted by molar-refractivity contribution is 0.177. The van der Waals surface area contributed by atoms with Crippen molar-refractivity contribution in [3.8, 4) is 0 Å². The Morgan fingerprint density at radius 3 is 2.84 bits per heavy atom. The lowest BCUT2D eigenvalue weighted by atomic mass is 10.4. The molecule has 3 N–H and O–H groups in total. The van der Waals surface area contributed by atoms with Crippen molar-refractivity contribution in [2.75, 3.05) is 12.5 Å². The number of nitrogens with zero attached hydrogens (tertiary/aromatic N) is 2. The molecule has 0 aliphatic rings. The number of ether oxygens (including phenoxy) is 1. The third kappa shape index (κ3) is 3.81. The number of rotatable bonds is 5. The highest BCUT2D eigenvalue weighted by molar-refractivity contribution is 7.99. The molecule has 0 radical (unpaired) electrons. The monoisotopic (exact) mass is 296 g/mol. The van der Waals surface area contributed by atoms with Crippen LogP contribution in [0.25, 0.3) is 0 Å². The van der Waals surface area contributed by atoms with E-state index >= 15 is 0 Å². The number of nitrogen functional groups attached to an aromatic ring is 1. The summed E-state index contributed by atoms with van der Waals surface area (Å²) in [5.74, 6) is 6.49. The zero-order chi connectivity index (χ0) is 13.7. The number of hydrazine groups is 1. The van der Waals surface area contributed by atoms with Gasteiger partial charge in [0.2, 0.25) is 0 Å². The van der Waals surface area contributed by atoms with Crippen LogP contribution in [0.2, 0.25) is 5.02 Å². The summed E-state index contributed by atoms with van der Waals surface area (Å²) in [6.07, 6.45) is 0. The Morgan fingerprint density at radius 1 is 1.37 bits per heavy atom. The highest BCUT2D eigenvalue weighted by Crippen LogP contribution is 2.32. The quantitative estimate of drug-likeness (QED) is 0.502. The SMILES string of the molecule is COCc1nc(NN)cc(Sc2ccccc2Cl)n1. The van der Waals surface area contributed by atoms with Gasteiger partial charge in [-0.1, -0.05) is 35.5 Å².